The zero-order chi connectivity index (χ0) is 9.42. The molecule has 1 aliphatic heterocycles. The maximum Gasteiger partial charge on any atom is 0.272 e. The van der Waals surface area contributed by atoms with Crippen LogP contribution in [-0.2, 0) is 6.42 Å². The lowest BCUT2D eigenvalue weighted by atomic mass is 10.0. The molecule has 13 heavy (non-hydrogen) atoms. The summed E-state index contributed by atoms with van der Waals surface area (Å²) < 4.78 is 0. The molecule has 0 unspecified atom stereocenters. The molecule has 0 spiro atoms. The zero-order valence-electron chi connectivity index (χ0n) is 7.33. The molecule has 1 aromatic carbocycles. The molecule has 0 bridgehead atoms. The fourth-order valence-corrected chi connectivity index (χ4v) is 1.75. The first-order valence-corrected chi connectivity index (χ1v) is 4.21. The second-order valence-corrected chi connectivity index (χ2v) is 3.17. The summed E-state index contributed by atoms with van der Waals surface area (Å²) >= 11 is 0. The van der Waals surface area contributed by atoms with E-state index >= 15 is 0 Å². The summed E-state index contributed by atoms with van der Waals surface area (Å²) in [7, 11) is 0. The van der Waals surface area contributed by atoms with E-state index in [0.717, 1.165) is 29.8 Å². The molecule has 4 heteroatoms. The molecule has 0 atom stereocenters. The number of anilines is 1. The van der Waals surface area contributed by atoms with E-state index in [1.807, 2.05) is 6.92 Å². The molecule has 0 aliphatic carbocycles. The number of nitrogens with one attached hydrogen (secondary N) is 1. The van der Waals surface area contributed by atoms with Crippen LogP contribution in [0.2, 0.25) is 0 Å². The smallest absolute Gasteiger partial charge is 0.272 e. The van der Waals surface area contributed by atoms with E-state index in [0.29, 0.717) is 0 Å². The van der Waals surface area contributed by atoms with E-state index in [2.05, 4.69) is 5.32 Å². The third-order valence-corrected chi connectivity index (χ3v) is 2.46. The molecule has 4 nitrogen and oxygen atoms in total. The highest BCUT2D eigenvalue weighted by Gasteiger charge is 2.19. The van der Waals surface area contributed by atoms with Crippen LogP contribution in [0.25, 0.3) is 0 Å². The molecule has 1 aliphatic rings. The molecule has 0 radical (unpaired) electrons. The molecular formula is C9H10N2O2. The highest BCUT2D eigenvalue weighted by atomic mass is 16.6. The molecule has 0 fully saturated rings. The molecular weight excluding hydrogens is 168 g/mol. The SMILES string of the molecule is Cc1c([N+](=O)[O-])ccc2c1CCN2. The van der Waals surface area contributed by atoms with E-state index in [9.17, 15) is 10.1 Å². The maximum atomic E-state index is 10.6. The van der Waals surface area contributed by atoms with Gasteiger partial charge in [-0.3, -0.25) is 10.1 Å². The third kappa shape index (κ3) is 1.14. The number of hydrogen-bond acceptors (Lipinski definition) is 3. The minimum atomic E-state index is -0.325. The van der Waals surface area contributed by atoms with Gasteiger partial charge in [0.05, 0.1) is 4.92 Å². The minimum absolute atomic E-state index is 0.224. The highest BCUT2D eigenvalue weighted by molar-refractivity contribution is 5.63. The largest absolute Gasteiger partial charge is 0.384 e. The van der Waals surface area contributed by atoms with Gasteiger partial charge in [-0.2, -0.15) is 0 Å². The van der Waals surface area contributed by atoms with Gasteiger partial charge in [0.1, 0.15) is 0 Å². The van der Waals surface area contributed by atoms with Gasteiger partial charge in [0, 0.05) is 23.9 Å². The van der Waals surface area contributed by atoms with Gasteiger partial charge in [-0.25, -0.2) is 0 Å². The number of hydrogen-bond donors (Lipinski definition) is 1. The van der Waals surface area contributed by atoms with Crippen LogP contribution in [0.3, 0.4) is 0 Å². The Kier molecular flexibility index (Phi) is 1.69. The number of nitro groups is 1. The number of fused-ring (bicyclic) bond motifs is 1. The second kappa shape index (κ2) is 2.73. The monoisotopic (exact) mass is 178 g/mol. The molecule has 0 saturated carbocycles. The number of benzene rings is 1. The normalized spacial score (nSPS) is 13.6. The van der Waals surface area contributed by atoms with Crippen molar-refractivity contribution in [2.75, 3.05) is 11.9 Å². The predicted molar refractivity (Wildman–Crippen MR) is 50.0 cm³/mol. The van der Waals surface area contributed by atoms with Crippen LogP contribution in [0, 0.1) is 17.0 Å². The first-order valence-electron chi connectivity index (χ1n) is 4.21. The van der Waals surface area contributed by atoms with E-state index < -0.39 is 0 Å². The summed E-state index contributed by atoms with van der Waals surface area (Å²) in [6, 6.07) is 3.35. The van der Waals surface area contributed by atoms with Gasteiger partial charge in [0.2, 0.25) is 0 Å². The van der Waals surface area contributed by atoms with Gasteiger partial charge in [-0.1, -0.05) is 0 Å². The van der Waals surface area contributed by atoms with Gasteiger partial charge < -0.3 is 5.32 Å². The van der Waals surface area contributed by atoms with Crippen molar-refractivity contribution in [1.29, 1.82) is 0 Å². The standard InChI is InChI=1S/C9H10N2O2/c1-6-7-4-5-10-8(7)2-3-9(6)11(12)13/h2-3,10H,4-5H2,1H3. The van der Waals surface area contributed by atoms with Gasteiger partial charge in [-0.15, -0.1) is 0 Å². The van der Waals surface area contributed by atoms with Crippen molar-refractivity contribution in [1.82, 2.24) is 0 Å². The van der Waals surface area contributed by atoms with Crippen molar-refractivity contribution < 1.29 is 4.92 Å². The van der Waals surface area contributed by atoms with Gasteiger partial charge in [-0.05, 0) is 25.0 Å². The van der Waals surface area contributed by atoms with Crippen LogP contribution in [-0.4, -0.2) is 11.5 Å². The van der Waals surface area contributed by atoms with Crippen LogP contribution < -0.4 is 5.32 Å². The Morgan fingerprint density at radius 1 is 1.54 bits per heavy atom. The van der Waals surface area contributed by atoms with Crippen molar-refractivity contribution >= 4 is 11.4 Å². The quantitative estimate of drug-likeness (QED) is 0.527. The molecule has 68 valence electrons. The molecule has 0 aromatic heterocycles. The minimum Gasteiger partial charge on any atom is -0.384 e. The summed E-state index contributed by atoms with van der Waals surface area (Å²) in [5.74, 6) is 0. The summed E-state index contributed by atoms with van der Waals surface area (Å²) in [6.45, 7) is 2.70. The first-order chi connectivity index (χ1) is 6.20. The van der Waals surface area contributed by atoms with Crippen LogP contribution in [0.15, 0.2) is 12.1 Å². The van der Waals surface area contributed by atoms with Crippen molar-refractivity contribution in [3.8, 4) is 0 Å². The Hall–Kier alpha value is -1.58. The Labute approximate surface area is 75.7 Å². The lowest BCUT2D eigenvalue weighted by Crippen LogP contribution is -1.94. The number of nitro benzene ring substituents is 1. The van der Waals surface area contributed by atoms with Crippen LogP contribution in [0.4, 0.5) is 11.4 Å². The van der Waals surface area contributed by atoms with E-state index in [4.69, 9.17) is 0 Å². The Morgan fingerprint density at radius 3 is 3.00 bits per heavy atom. The predicted octanol–water partition coefficient (Wildman–Crippen LogP) is 1.87. The number of nitrogens with zero attached hydrogens (tertiary/aromatic N) is 1. The van der Waals surface area contributed by atoms with Crippen LogP contribution in [0.1, 0.15) is 11.1 Å². The topological polar surface area (TPSA) is 55.2 Å². The maximum absolute atomic E-state index is 10.6. The summed E-state index contributed by atoms with van der Waals surface area (Å²) in [6.07, 6.45) is 0.892. The van der Waals surface area contributed by atoms with Gasteiger partial charge in [0.25, 0.3) is 5.69 Å². The molecule has 1 aromatic rings. The van der Waals surface area contributed by atoms with Crippen molar-refractivity contribution in [3.05, 3.63) is 33.4 Å². The Morgan fingerprint density at radius 2 is 2.31 bits per heavy atom. The third-order valence-electron chi connectivity index (χ3n) is 2.46. The van der Waals surface area contributed by atoms with Crippen LogP contribution >= 0.6 is 0 Å². The fraction of sp³-hybridized carbons (Fsp3) is 0.333. The highest BCUT2D eigenvalue weighted by Crippen LogP contribution is 2.31. The summed E-state index contributed by atoms with van der Waals surface area (Å²) in [4.78, 5) is 10.3. The lowest BCUT2D eigenvalue weighted by Gasteiger charge is -2.03. The summed E-state index contributed by atoms with van der Waals surface area (Å²) in [5, 5.41) is 13.8. The summed E-state index contributed by atoms with van der Waals surface area (Å²) in [5.41, 5.74) is 3.16. The first kappa shape index (κ1) is 8.04. The second-order valence-electron chi connectivity index (χ2n) is 3.17. The number of rotatable bonds is 1. The van der Waals surface area contributed by atoms with Gasteiger partial charge in [0.15, 0.2) is 0 Å². The molecule has 1 heterocycles. The van der Waals surface area contributed by atoms with Crippen molar-refractivity contribution in [2.45, 2.75) is 13.3 Å². The average Bonchev–Trinajstić information content (AvgIpc) is 2.52. The fourth-order valence-electron chi connectivity index (χ4n) is 1.75. The zero-order valence-corrected chi connectivity index (χ0v) is 7.33. The molecule has 2 rings (SSSR count). The lowest BCUT2D eigenvalue weighted by molar-refractivity contribution is -0.385. The van der Waals surface area contributed by atoms with E-state index in [-0.39, 0.29) is 10.6 Å². The van der Waals surface area contributed by atoms with Crippen LogP contribution in [0.5, 0.6) is 0 Å². The molecule has 1 N–H and O–H groups in total. The van der Waals surface area contributed by atoms with E-state index in [1.165, 1.54) is 0 Å². The molecule has 0 amide bonds. The molecule has 0 saturated heterocycles. The van der Waals surface area contributed by atoms with E-state index in [1.54, 1.807) is 12.1 Å². The average molecular weight is 178 g/mol. The Bertz CT molecular complexity index is 374. The van der Waals surface area contributed by atoms with Crippen molar-refractivity contribution in [3.63, 3.8) is 0 Å². The van der Waals surface area contributed by atoms with Crippen molar-refractivity contribution in [2.24, 2.45) is 0 Å². The Balaban J connectivity index is 2.59. The van der Waals surface area contributed by atoms with Gasteiger partial charge >= 0.3 is 0 Å².